The average molecular weight is 312 g/mol. The molecule has 0 fully saturated rings. The molecule has 0 bridgehead atoms. The number of pyridine rings is 1. The maximum atomic E-state index is 6.00. The summed E-state index contributed by atoms with van der Waals surface area (Å²) in [5.74, 6) is 1.15. The predicted octanol–water partition coefficient (Wildman–Crippen LogP) is 3.02. The third-order valence-corrected chi connectivity index (χ3v) is 3.17. The number of aromatic nitrogens is 4. The second-order valence-electron chi connectivity index (χ2n) is 3.55. The van der Waals surface area contributed by atoms with Gasteiger partial charge in [-0.3, -0.25) is 0 Å². The van der Waals surface area contributed by atoms with Crippen molar-refractivity contribution in [3.8, 4) is 5.82 Å². The Kier molecular flexibility index (Phi) is 2.64. The second kappa shape index (κ2) is 4.16. The van der Waals surface area contributed by atoms with E-state index in [1.807, 2.05) is 35.0 Å². The van der Waals surface area contributed by atoms with Gasteiger partial charge in [-0.1, -0.05) is 6.07 Å². The monoisotopic (exact) mass is 310 g/mol. The average Bonchev–Trinajstić information content (AvgIpc) is 2.91. The van der Waals surface area contributed by atoms with E-state index in [1.165, 1.54) is 0 Å². The molecular formula is C11H8BrClN4. The van der Waals surface area contributed by atoms with Gasteiger partial charge in [0.1, 0.15) is 5.65 Å². The molecule has 3 aromatic heterocycles. The molecule has 0 aliphatic rings. The van der Waals surface area contributed by atoms with Crippen molar-refractivity contribution in [3.63, 3.8) is 0 Å². The molecule has 0 N–H and O–H groups in total. The van der Waals surface area contributed by atoms with Crippen LogP contribution in [-0.4, -0.2) is 19.2 Å². The molecule has 0 saturated heterocycles. The molecule has 0 aliphatic heterocycles. The van der Waals surface area contributed by atoms with Crippen LogP contribution >= 0.6 is 27.5 Å². The zero-order chi connectivity index (χ0) is 11.8. The topological polar surface area (TPSA) is 35.1 Å². The van der Waals surface area contributed by atoms with Crippen molar-refractivity contribution >= 4 is 33.2 Å². The lowest BCUT2D eigenvalue weighted by Gasteiger charge is -2.00. The summed E-state index contributed by atoms with van der Waals surface area (Å²) in [6.45, 7) is 0. The minimum absolute atomic E-state index is 0.387. The van der Waals surface area contributed by atoms with Crippen molar-refractivity contribution in [2.75, 3.05) is 0 Å². The molecule has 0 spiro atoms. The fourth-order valence-corrected chi connectivity index (χ4v) is 2.29. The first-order valence-electron chi connectivity index (χ1n) is 5.02. The number of rotatable bonds is 2. The van der Waals surface area contributed by atoms with Crippen molar-refractivity contribution < 1.29 is 0 Å². The molecule has 0 aromatic carbocycles. The first-order chi connectivity index (χ1) is 8.29. The molecule has 0 unspecified atom stereocenters. The van der Waals surface area contributed by atoms with E-state index in [4.69, 9.17) is 11.6 Å². The number of fused-ring (bicyclic) bond motifs is 1. The Labute approximate surface area is 111 Å². The van der Waals surface area contributed by atoms with E-state index in [1.54, 1.807) is 10.9 Å². The van der Waals surface area contributed by atoms with Crippen LogP contribution in [0.25, 0.3) is 11.5 Å². The Bertz CT molecular complexity index is 673. The minimum Gasteiger partial charge on any atom is -0.301 e. The van der Waals surface area contributed by atoms with E-state index in [2.05, 4.69) is 26.0 Å². The Morgan fingerprint density at radius 3 is 2.94 bits per heavy atom. The highest BCUT2D eigenvalue weighted by molar-refractivity contribution is 9.10. The summed E-state index contributed by atoms with van der Waals surface area (Å²) in [5, 5.41) is 4.23. The number of nitrogens with zero attached hydrogens (tertiary/aromatic N) is 4. The quantitative estimate of drug-likeness (QED) is 0.682. The summed E-state index contributed by atoms with van der Waals surface area (Å²) in [4.78, 5) is 4.53. The van der Waals surface area contributed by atoms with Crippen molar-refractivity contribution in [2.24, 2.45) is 0 Å². The van der Waals surface area contributed by atoms with Crippen LogP contribution in [0, 0.1) is 0 Å². The molecule has 0 radical (unpaired) electrons. The van der Waals surface area contributed by atoms with Crippen molar-refractivity contribution in [1.29, 1.82) is 0 Å². The highest BCUT2D eigenvalue weighted by atomic mass is 79.9. The molecule has 3 heterocycles. The van der Waals surface area contributed by atoms with Crippen LogP contribution in [0.2, 0.25) is 0 Å². The van der Waals surface area contributed by atoms with Gasteiger partial charge in [-0.25, -0.2) is 9.67 Å². The molecule has 86 valence electrons. The van der Waals surface area contributed by atoms with E-state index in [0.717, 1.165) is 21.6 Å². The fraction of sp³-hybridized carbons (Fsp3) is 0.0909. The number of halogens is 2. The third-order valence-electron chi connectivity index (χ3n) is 2.50. The van der Waals surface area contributed by atoms with Crippen LogP contribution in [-0.2, 0) is 5.88 Å². The zero-order valence-corrected chi connectivity index (χ0v) is 11.1. The fourth-order valence-electron chi connectivity index (χ4n) is 1.76. The predicted molar refractivity (Wildman–Crippen MR) is 69.6 cm³/mol. The largest absolute Gasteiger partial charge is 0.301 e. The molecule has 0 saturated carbocycles. The molecule has 17 heavy (non-hydrogen) atoms. The van der Waals surface area contributed by atoms with E-state index in [0.29, 0.717) is 5.88 Å². The maximum absolute atomic E-state index is 6.00. The SMILES string of the molecule is ClCc1c(-n2cc(Br)cn2)nc2ccccn12. The van der Waals surface area contributed by atoms with Gasteiger partial charge in [0.2, 0.25) is 0 Å². The van der Waals surface area contributed by atoms with E-state index >= 15 is 0 Å². The second-order valence-corrected chi connectivity index (χ2v) is 4.73. The van der Waals surface area contributed by atoms with Crippen molar-refractivity contribution in [2.45, 2.75) is 5.88 Å². The van der Waals surface area contributed by atoms with Gasteiger partial charge in [0.25, 0.3) is 0 Å². The van der Waals surface area contributed by atoms with Crippen LogP contribution in [0.15, 0.2) is 41.3 Å². The Balaban J connectivity index is 2.29. The van der Waals surface area contributed by atoms with Gasteiger partial charge >= 0.3 is 0 Å². The first kappa shape index (κ1) is 10.8. The van der Waals surface area contributed by atoms with Crippen LogP contribution in [0.3, 0.4) is 0 Å². The van der Waals surface area contributed by atoms with Gasteiger partial charge in [0.15, 0.2) is 5.82 Å². The van der Waals surface area contributed by atoms with Crippen LogP contribution in [0.1, 0.15) is 5.69 Å². The van der Waals surface area contributed by atoms with Gasteiger partial charge < -0.3 is 4.40 Å². The molecule has 6 heteroatoms. The third kappa shape index (κ3) is 1.75. The lowest BCUT2D eigenvalue weighted by atomic mass is 10.4. The van der Waals surface area contributed by atoms with Gasteiger partial charge in [0.05, 0.1) is 22.2 Å². The summed E-state index contributed by atoms with van der Waals surface area (Å²) in [6.07, 6.45) is 5.53. The Morgan fingerprint density at radius 1 is 1.35 bits per heavy atom. The molecule has 0 atom stereocenters. The summed E-state index contributed by atoms with van der Waals surface area (Å²) < 4.78 is 4.60. The normalized spacial score (nSPS) is 11.2. The minimum atomic E-state index is 0.387. The molecule has 3 rings (SSSR count). The van der Waals surface area contributed by atoms with Gasteiger partial charge in [-0.15, -0.1) is 11.6 Å². The Hall–Kier alpha value is -1.33. The van der Waals surface area contributed by atoms with E-state index in [-0.39, 0.29) is 0 Å². The summed E-state index contributed by atoms with van der Waals surface area (Å²) in [6, 6.07) is 5.84. The number of hydrogen-bond acceptors (Lipinski definition) is 2. The Morgan fingerprint density at radius 2 is 2.24 bits per heavy atom. The molecule has 0 amide bonds. The van der Waals surface area contributed by atoms with Crippen LogP contribution in [0.5, 0.6) is 0 Å². The maximum Gasteiger partial charge on any atom is 0.176 e. The standard InChI is InChI=1S/C11H8BrClN4/c12-8-6-14-17(7-8)11-9(5-13)16-4-2-1-3-10(16)15-11/h1-4,6-7H,5H2. The summed E-state index contributed by atoms with van der Waals surface area (Å²) in [7, 11) is 0. The van der Waals surface area contributed by atoms with Gasteiger partial charge in [-0.2, -0.15) is 5.10 Å². The van der Waals surface area contributed by atoms with Crippen molar-refractivity contribution in [3.05, 3.63) is 47.0 Å². The molecular weight excluding hydrogens is 304 g/mol. The number of imidazole rings is 1. The van der Waals surface area contributed by atoms with Gasteiger partial charge in [-0.05, 0) is 28.1 Å². The highest BCUT2D eigenvalue weighted by Gasteiger charge is 2.13. The molecule has 0 aliphatic carbocycles. The lowest BCUT2D eigenvalue weighted by molar-refractivity contribution is 0.843. The molecule has 4 nitrogen and oxygen atoms in total. The lowest BCUT2D eigenvalue weighted by Crippen LogP contribution is -1.99. The van der Waals surface area contributed by atoms with Crippen LogP contribution in [0.4, 0.5) is 0 Å². The first-order valence-corrected chi connectivity index (χ1v) is 6.35. The smallest absolute Gasteiger partial charge is 0.176 e. The molecule has 3 aromatic rings. The summed E-state index contributed by atoms with van der Waals surface area (Å²) in [5.41, 5.74) is 1.79. The van der Waals surface area contributed by atoms with E-state index < -0.39 is 0 Å². The van der Waals surface area contributed by atoms with Crippen LogP contribution < -0.4 is 0 Å². The van der Waals surface area contributed by atoms with Crippen molar-refractivity contribution in [1.82, 2.24) is 19.2 Å². The highest BCUT2D eigenvalue weighted by Crippen LogP contribution is 2.19. The van der Waals surface area contributed by atoms with Gasteiger partial charge in [0, 0.05) is 12.4 Å². The summed E-state index contributed by atoms with van der Waals surface area (Å²) >= 11 is 9.36. The van der Waals surface area contributed by atoms with E-state index in [9.17, 15) is 0 Å². The number of hydrogen-bond donors (Lipinski definition) is 0. The zero-order valence-electron chi connectivity index (χ0n) is 8.72. The number of alkyl halides is 1.